The van der Waals surface area contributed by atoms with E-state index < -0.39 is 0 Å². The molecule has 0 fully saturated rings. The van der Waals surface area contributed by atoms with Gasteiger partial charge in [-0.05, 0) is 37.1 Å². The van der Waals surface area contributed by atoms with Gasteiger partial charge in [0.15, 0.2) is 0 Å². The second-order valence-corrected chi connectivity index (χ2v) is 5.60. The number of rotatable bonds is 4. The molecular formula is C14H14FN3OS. The third-order valence-corrected chi connectivity index (χ3v) is 4.10. The molecule has 0 radical (unpaired) electrons. The Morgan fingerprint density at radius 2 is 2.20 bits per heavy atom. The van der Waals surface area contributed by atoms with E-state index in [0.29, 0.717) is 11.8 Å². The number of nitrogens with zero attached hydrogens (tertiary/aromatic N) is 2. The molecule has 3 rings (SSSR count). The molecule has 1 N–H and O–H groups in total. The minimum atomic E-state index is -0.238. The maximum atomic E-state index is 13.2. The number of thiophene rings is 1. The lowest BCUT2D eigenvalue weighted by molar-refractivity contribution is 0.429. The van der Waals surface area contributed by atoms with E-state index in [0.717, 1.165) is 21.5 Å². The molecular weight excluding hydrogens is 277 g/mol. The van der Waals surface area contributed by atoms with E-state index in [1.165, 1.54) is 23.5 Å². The normalized spacial score (nSPS) is 12.9. The topological polar surface area (TPSA) is 51.0 Å². The van der Waals surface area contributed by atoms with Gasteiger partial charge in [0.25, 0.3) is 5.89 Å². The molecule has 1 unspecified atom stereocenters. The zero-order valence-corrected chi connectivity index (χ0v) is 12.0. The molecule has 0 aliphatic rings. The Bertz CT molecular complexity index is 737. The highest BCUT2D eigenvalue weighted by molar-refractivity contribution is 7.22. The van der Waals surface area contributed by atoms with Crippen LogP contribution in [0.3, 0.4) is 0 Å². The average molecular weight is 291 g/mol. The Morgan fingerprint density at radius 3 is 3.00 bits per heavy atom. The standard InChI is InChI=1S/C14H14FN3OS/c1-3-16-8(2)13-17-18-14(19-13)12-6-9-4-5-10(15)7-11(9)20-12/h4-8,16H,3H2,1-2H3. The molecule has 2 aromatic heterocycles. The summed E-state index contributed by atoms with van der Waals surface area (Å²) in [5, 5.41) is 12.3. The zero-order chi connectivity index (χ0) is 14.1. The van der Waals surface area contributed by atoms with Crippen LogP contribution in [0.15, 0.2) is 28.7 Å². The van der Waals surface area contributed by atoms with E-state index in [1.54, 1.807) is 6.07 Å². The Morgan fingerprint density at radius 1 is 1.35 bits per heavy atom. The summed E-state index contributed by atoms with van der Waals surface area (Å²) in [4.78, 5) is 0.855. The molecule has 0 bridgehead atoms. The van der Waals surface area contributed by atoms with Crippen molar-refractivity contribution in [3.8, 4) is 10.8 Å². The van der Waals surface area contributed by atoms with Crippen LogP contribution in [0.5, 0.6) is 0 Å². The van der Waals surface area contributed by atoms with Crippen molar-refractivity contribution in [3.63, 3.8) is 0 Å². The van der Waals surface area contributed by atoms with Crippen LogP contribution in [-0.2, 0) is 0 Å². The lowest BCUT2D eigenvalue weighted by Gasteiger charge is -2.05. The lowest BCUT2D eigenvalue weighted by atomic mass is 10.2. The van der Waals surface area contributed by atoms with Crippen molar-refractivity contribution >= 4 is 21.4 Å². The number of nitrogens with one attached hydrogen (secondary N) is 1. The Labute approximate surface area is 119 Å². The predicted molar refractivity (Wildman–Crippen MR) is 77.2 cm³/mol. The highest BCUT2D eigenvalue weighted by atomic mass is 32.1. The number of benzene rings is 1. The number of fused-ring (bicyclic) bond motifs is 1. The Balaban J connectivity index is 1.94. The van der Waals surface area contributed by atoms with Crippen LogP contribution in [0, 0.1) is 5.82 Å². The molecule has 6 heteroatoms. The second-order valence-electron chi connectivity index (χ2n) is 4.52. The molecule has 0 aliphatic heterocycles. The SMILES string of the molecule is CCNC(C)c1nnc(-c2cc3ccc(F)cc3s2)o1. The largest absolute Gasteiger partial charge is 0.418 e. The summed E-state index contributed by atoms with van der Waals surface area (Å²) in [6.45, 7) is 4.83. The first-order valence-corrected chi connectivity index (χ1v) is 7.25. The van der Waals surface area contributed by atoms with Crippen LogP contribution < -0.4 is 5.32 Å². The quantitative estimate of drug-likeness (QED) is 0.795. The summed E-state index contributed by atoms with van der Waals surface area (Å²) < 4.78 is 19.7. The number of hydrogen-bond acceptors (Lipinski definition) is 5. The molecule has 3 aromatic rings. The van der Waals surface area contributed by atoms with Crippen LogP contribution in [0.4, 0.5) is 4.39 Å². The van der Waals surface area contributed by atoms with E-state index in [-0.39, 0.29) is 11.9 Å². The van der Waals surface area contributed by atoms with Gasteiger partial charge in [-0.1, -0.05) is 13.0 Å². The van der Waals surface area contributed by atoms with Crippen LogP contribution >= 0.6 is 11.3 Å². The summed E-state index contributed by atoms with van der Waals surface area (Å²) in [7, 11) is 0. The minimum Gasteiger partial charge on any atom is -0.418 e. The van der Waals surface area contributed by atoms with Gasteiger partial charge in [-0.3, -0.25) is 0 Å². The number of hydrogen-bond donors (Lipinski definition) is 1. The van der Waals surface area contributed by atoms with Gasteiger partial charge in [-0.15, -0.1) is 21.5 Å². The fraction of sp³-hybridized carbons (Fsp3) is 0.286. The van der Waals surface area contributed by atoms with Crippen molar-refractivity contribution in [1.82, 2.24) is 15.5 Å². The fourth-order valence-corrected chi connectivity index (χ4v) is 3.02. The molecule has 1 atom stereocenters. The summed E-state index contributed by atoms with van der Waals surface area (Å²) in [5.41, 5.74) is 0. The molecule has 104 valence electrons. The van der Waals surface area contributed by atoms with Crippen molar-refractivity contribution in [1.29, 1.82) is 0 Å². The first-order chi connectivity index (χ1) is 9.67. The van der Waals surface area contributed by atoms with Gasteiger partial charge in [0, 0.05) is 4.70 Å². The molecule has 4 nitrogen and oxygen atoms in total. The summed E-state index contributed by atoms with van der Waals surface area (Å²) >= 11 is 1.45. The summed E-state index contributed by atoms with van der Waals surface area (Å²) in [5.74, 6) is 0.801. The van der Waals surface area contributed by atoms with Crippen LogP contribution in [0.25, 0.3) is 20.9 Å². The third-order valence-electron chi connectivity index (χ3n) is 3.01. The van der Waals surface area contributed by atoms with E-state index >= 15 is 0 Å². The van der Waals surface area contributed by atoms with Crippen molar-refractivity contribution in [3.05, 3.63) is 36.0 Å². The second kappa shape index (κ2) is 5.30. The van der Waals surface area contributed by atoms with E-state index in [4.69, 9.17) is 4.42 Å². The van der Waals surface area contributed by atoms with Gasteiger partial charge in [0.1, 0.15) is 5.82 Å². The van der Waals surface area contributed by atoms with Gasteiger partial charge in [0.05, 0.1) is 10.9 Å². The summed E-state index contributed by atoms with van der Waals surface area (Å²) in [6.07, 6.45) is 0. The molecule has 1 aromatic carbocycles. The van der Waals surface area contributed by atoms with Gasteiger partial charge in [0.2, 0.25) is 5.89 Å². The average Bonchev–Trinajstić information content (AvgIpc) is 3.04. The van der Waals surface area contributed by atoms with Gasteiger partial charge in [-0.2, -0.15) is 0 Å². The van der Waals surface area contributed by atoms with Crippen molar-refractivity contribution in [2.75, 3.05) is 6.54 Å². The maximum absolute atomic E-state index is 13.2. The lowest BCUT2D eigenvalue weighted by Crippen LogP contribution is -2.17. The van der Waals surface area contributed by atoms with Gasteiger partial charge >= 0.3 is 0 Å². The number of halogens is 1. The molecule has 20 heavy (non-hydrogen) atoms. The third kappa shape index (κ3) is 2.44. The first-order valence-electron chi connectivity index (χ1n) is 6.43. The van der Waals surface area contributed by atoms with Crippen LogP contribution in [0.1, 0.15) is 25.8 Å². The van der Waals surface area contributed by atoms with Gasteiger partial charge < -0.3 is 9.73 Å². The fourth-order valence-electron chi connectivity index (χ4n) is 2.01. The minimum absolute atomic E-state index is 0.0214. The first kappa shape index (κ1) is 13.2. The zero-order valence-electron chi connectivity index (χ0n) is 11.2. The highest BCUT2D eigenvalue weighted by Crippen LogP contribution is 2.33. The molecule has 0 saturated heterocycles. The van der Waals surface area contributed by atoms with Gasteiger partial charge in [-0.25, -0.2) is 4.39 Å². The molecule has 0 spiro atoms. The molecule has 0 amide bonds. The van der Waals surface area contributed by atoms with E-state index in [1.807, 2.05) is 19.9 Å². The highest BCUT2D eigenvalue weighted by Gasteiger charge is 2.15. The monoisotopic (exact) mass is 291 g/mol. The smallest absolute Gasteiger partial charge is 0.257 e. The van der Waals surface area contributed by atoms with Crippen LogP contribution in [0.2, 0.25) is 0 Å². The molecule has 2 heterocycles. The Hall–Kier alpha value is -1.79. The molecule has 0 aliphatic carbocycles. The predicted octanol–water partition coefficient (Wildman–Crippen LogP) is 3.76. The maximum Gasteiger partial charge on any atom is 0.257 e. The van der Waals surface area contributed by atoms with E-state index in [9.17, 15) is 4.39 Å². The Kier molecular flexibility index (Phi) is 3.50. The molecule has 0 saturated carbocycles. The van der Waals surface area contributed by atoms with Crippen molar-refractivity contribution < 1.29 is 8.81 Å². The van der Waals surface area contributed by atoms with Crippen LogP contribution in [-0.4, -0.2) is 16.7 Å². The van der Waals surface area contributed by atoms with E-state index in [2.05, 4.69) is 15.5 Å². The summed E-state index contributed by atoms with van der Waals surface area (Å²) in [6, 6.07) is 6.68. The van der Waals surface area contributed by atoms with Crippen molar-refractivity contribution in [2.24, 2.45) is 0 Å². The number of aromatic nitrogens is 2. The van der Waals surface area contributed by atoms with Crippen molar-refractivity contribution in [2.45, 2.75) is 19.9 Å².